The van der Waals surface area contributed by atoms with Crippen molar-refractivity contribution in [3.63, 3.8) is 0 Å². The second-order valence-corrected chi connectivity index (χ2v) is 8.38. The van der Waals surface area contributed by atoms with Crippen molar-refractivity contribution in [2.24, 2.45) is 0 Å². The van der Waals surface area contributed by atoms with Crippen molar-refractivity contribution in [3.8, 4) is 5.69 Å². The molecule has 0 radical (unpaired) electrons. The lowest BCUT2D eigenvalue weighted by Gasteiger charge is -2.30. The number of hydrogen-bond donors (Lipinski definition) is 1. The van der Waals surface area contributed by atoms with E-state index in [1.807, 2.05) is 47.2 Å². The third kappa shape index (κ3) is 3.85. The number of nitro groups is 1. The Bertz CT molecular complexity index is 1130. The molecule has 3 atom stereocenters. The van der Waals surface area contributed by atoms with Gasteiger partial charge in [0.2, 0.25) is 0 Å². The van der Waals surface area contributed by atoms with Crippen LogP contribution in [0, 0.1) is 10.1 Å². The van der Waals surface area contributed by atoms with Crippen LogP contribution >= 0.6 is 12.2 Å². The Balaban J connectivity index is 1.57. The molecule has 1 aromatic carbocycles. The minimum atomic E-state index is -0.376. The number of benzene rings is 1. The number of pyridine rings is 1. The summed E-state index contributed by atoms with van der Waals surface area (Å²) in [5, 5.41) is 15.4. The summed E-state index contributed by atoms with van der Waals surface area (Å²) >= 11 is 5.75. The molecule has 3 aromatic rings. The van der Waals surface area contributed by atoms with Gasteiger partial charge in [0.25, 0.3) is 5.69 Å². The Morgan fingerprint density at radius 2 is 2.12 bits per heavy atom. The van der Waals surface area contributed by atoms with Crippen LogP contribution in [0.2, 0.25) is 0 Å². The zero-order chi connectivity index (χ0) is 22.1. The van der Waals surface area contributed by atoms with Gasteiger partial charge in [-0.3, -0.25) is 15.1 Å². The van der Waals surface area contributed by atoms with Gasteiger partial charge in [-0.2, -0.15) is 0 Å². The van der Waals surface area contributed by atoms with Gasteiger partial charge in [0.1, 0.15) is 0 Å². The van der Waals surface area contributed by atoms with Crippen LogP contribution in [0.25, 0.3) is 5.69 Å². The second-order valence-electron chi connectivity index (χ2n) is 7.99. The number of rotatable bonds is 6. The molecule has 0 amide bonds. The molecule has 1 N–H and O–H groups in total. The van der Waals surface area contributed by atoms with Gasteiger partial charge in [-0.1, -0.05) is 12.1 Å². The van der Waals surface area contributed by atoms with Gasteiger partial charge in [-0.05, 0) is 55.4 Å². The topological polar surface area (TPSA) is 85.5 Å². The van der Waals surface area contributed by atoms with Crippen LogP contribution in [0.15, 0.2) is 67.0 Å². The summed E-state index contributed by atoms with van der Waals surface area (Å²) in [6.07, 6.45) is 5.89. The van der Waals surface area contributed by atoms with E-state index in [1.165, 1.54) is 6.07 Å². The minimum Gasteiger partial charge on any atom is -0.376 e. The van der Waals surface area contributed by atoms with E-state index >= 15 is 0 Å². The van der Waals surface area contributed by atoms with E-state index in [0.717, 1.165) is 36.5 Å². The Labute approximate surface area is 191 Å². The van der Waals surface area contributed by atoms with Crippen LogP contribution in [0.1, 0.15) is 36.3 Å². The molecule has 2 aromatic heterocycles. The third-order valence-electron chi connectivity index (χ3n) is 6.02. The molecule has 8 nitrogen and oxygen atoms in total. The summed E-state index contributed by atoms with van der Waals surface area (Å²) < 4.78 is 7.89. The van der Waals surface area contributed by atoms with Crippen molar-refractivity contribution in [1.82, 2.24) is 19.8 Å². The van der Waals surface area contributed by atoms with Crippen molar-refractivity contribution >= 4 is 23.0 Å². The molecule has 9 heteroatoms. The van der Waals surface area contributed by atoms with Gasteiger partial charge in [0.05, 0.1) is 34.5 Å². The summed E-state index contributed by atoms with van der Waals surface area (Å²) in [6.45, 7) is 1.46. The van der Waals surface area contributed by atoms with Crippen molar-refractivity contribution < 1.29 is 9.66 Å². The molecular formula is C23H23N5O3S. The van der Waals surface area contributed by atoms with E-state index < -0.39 is 0 Å². The number of nitrogens with zero attached hydrogens (tertiary/aromatic N) is 4. The maximum Gasteiger partial charge on any atom is 0.271 e. The molecule has 0 spiro atoms. The second kappa shape index (κ2) is 8.68. The molecule has 0 saturated carbocycles. The van der Waals surface area contributed by atoms with Crippen molar-refractivity contribution in [2.75, 3.05) is 13.2 Å². The van der Waals surface area contributed by atoms with Crippen molar-refractivity contribution in [2.45, 2.75) is 31.0 Å². The van der Waals surface area contributed by atoms with Gasteiger partial charge in [0.15, 0.2) is 5.11 Å². The first-order chi connectivity index (χ1) is 15.6. The van der Waals surface area contributed by atoms with Gasteiger partial charge in [0, 0.05) is 43.4 Å². The number of hydrogen-bond acceptors (Lipinski definition) is 5. The molecule has 3 unspecified atom stereocenters. The van der Waals surface area contributed by atoms with Gasteiger partial charge in [-0.25, -0.2) is 0 Å². The molecule has 0 aliphatic carbocycles. The summed E-state index contributed by atoms with van der Waals surface area (Å²) in [5.41, 5.74) is 2.65. The smallest absolute Gasteiger partial charge is 0.271 e. The molecule has 2 saturated heterocycles. The van der Waals surface area contributed by atoms with E-state index in [2.05, 4.69) is 15.2 Å². The predicted octanol–water partition coefficient (Wildman–Crippen LogP) is 3.93. The average molecular weight is 450 g/mol. The van der Waals surface area contributed by atoms with E-state index in [4.69, 9.17) is 17.0 Å². The summed E-state index contributed by atoms with van der Waals surface area (Å²) in [7, 11) is 0. The first kappa shape index (κ1) is 20.6. The molecule has 4 heterocycles. The Kier molecular flexibility index (Phi) is 5.59. The molecule has 2 fully saturated rings. The largest absolute Gasteiger partial charge is 0.376 e. The van der Waals surface area contributed by atoms with Gasteiger partial charge < -0.3 is 19.5 Å². The lowest BCUT2D eigenvalue weighted by atomic mass is 10.0. The Hall–Kier alpha value is -3.30. The fourth-order valence-corrected chi connectivity index (χ4v) is 4.87. The van der Waals surface area contributed by atoms with E-state index in [0.29, 0.717) is 11.7 Å². The zero-order valence-electron chi connectivity index (χ0n) is 17.3. The van der Waals surface area contributed by atoms with Crippen LogP contribution in [-0.2, 0) is 4.74 Å². The van der Waals surface area contributed by atoms with E-state index in [9.17, 15) is 10.1 Å². The first-order valence-electron chi connectivity index (χ1n) is 10.6. The van der Waals surface area contributed by atoms with E-state index in [-0.39, 0.29) is 28.8 Å². The van der Waals surface area contributed by atoms with Crippen LogP contribution in [0.4, 0.5) is 5.69 Å². The van der Waals surface area contributed by atoms with Crippen LogP contribution in [0.3, 0.4) is 0 Å². The standard InChI is InChI=1S/C23H23N5O3S/c29-28(30)17-7-3-6-16(14-17)26-12-4-10-20(26)22-21(19-9-1-2-11-24-19)25-23(32)27(22)15-18-8-5-13-31-18/h1-4,6-7,9-12,14,18,21-22H,5,8,13,15H2,(H,25,32). The lowest BCUT2D eigenvalue weighted by molar-refractivity contribution is -0.384. The highest BCUT2D eigenvalue weighted by atomic mass is 32.1. The number of ether oxygens (including phenoxy) is 1. The van der Waals surface area contributed by atoms with Crippen LogP contribution < -0.4 is 5.32 Å². The number of non-ortho nitro benzene ring substituents is 1. The average Bonchev–Trinajstić information content (AvgIpc) is 3.56. The molecule has 2 aliphatic heterocycles. The molecule has 0 bridgehead atoms. The highest BCUT2D eigenvalue weighted by Gasteiger charge is 2.42. The lowest BCUT2D eigenvalue weighted by Crippen LogP contribution is -2.36. The highest BCUT2D eigenvalue weighted by molar-refractivity contribution is 7.80. The summed E-state index contributed by atoms with van der Waals surface area (Å²) in [4.78, 5) is 17.7. The molecular weight excluding hydrogens is 426 g/mol. The molecule has 32 heavy (non-hydrogen) atoms. The molecule has 5 rings (SSSR count). The first-order valence-corrected chi connectivity index (χ1v) is 11.0. The SMILES string of the molecule is O=[N+]([O-])c1cccc(-n2cccc2C2C(c3ccccn3)NC(=S)N2CC2CCCO2)c1. The molecule has 2 aliphatic rings. The maximum absolute atomic E-state index is 11.3. The summed E-state index contributed by atoms with van der Waals surface area (Å²) in [6, 6.07) is 16.2. The van der Waals surface area contributed by atoms with E-state index in [1.54, 1.807) is 18.3 Å². The fourth-order valence-electron chi connectivity index (χ4n) is 4.56. The molecule has 164 valence electrons. The number of nitrogens with one attached hydrogen (secondary N) is 1. The predicted molar refractivity (Wildman–Crippen MR) is 124 cm³/mol. The Morgan fingerprint density at radius 3 is 2.88 bits per heavy atom. The fraction of sp³-hybridized carbons (Fsp3) is 0.304. The monoisotopic (exact) mass is 449 g/mol. The van der Waals surface area contributed by atoms with Crippen LogP contribution in [-0.4, -0.2) is 43.7 Å². The third-order valence-corrected chi connectivity index (χ3v) is 6.38. The highest BCUT2D eigenvalue weighted by Crippen LogP contribution is 2.40. The van der Waals surface area contributed by atoms with Crippen molar-refractivity contribution in [1.29, 1.82) is 0 Å². The van der Waals surface area contributed by atoms with Gasteiger partial charge in [-0.15, -0.1) is 0 Å². The quantitative estimate of drug-likeness (QED) is 0.347. The normalized spacial score (nSPS) is 22.8. The Morgan fingerprint density at radius 1 is 1.22 bits per heavy atom. The summed E-state index contributed by atoms with van der Waals surface area (Å²) in [5.74, 6) is 0. The number of thiocarbonyl (C=S) groups is 1. The number of nitro benzene ring substituents is 1. The zero-order valence-corrected chi connectivity index (χ0v) is 18.1. The number of aromatic nitrogens is 2. The minimum absolute atomic E-state index is 0.0553. The van der Waals surface area contributed by atoms with Gasteiger partial charge >= 0.3 is 0 Å². The maximum atomic E-state index is 11.3. The van der Waals surface area contributed by atoms with Crippen molar-refractivity contribution in [3.05, 3.63) is 88.5 Å². The van der Waals surface area contributed by atoms with Crippen LogP contribution in [0.5, 0.6) is 0 Å².